The fourth-order valence-corrected chi connectivity index (χ4v) is 5.35. The second-order valence-corrected chi connectivity index (χ2v) is 10.1. The lowest BCUT2D eigenvalue weighted by atomic mass is 10.2. The minimum atomic E-state index is -3.55. The van der Waals surface area contributed by atoms with Crippen molar-refractivity contribution in [2.24, 2.45) is 0 Å². The lowest BCUT2D eigenvalue weighted by Crippen LogP contribution is -2.38. The van der Waals surface area contributed by atoms with Crippen LogP contribution in [0.5, 0.6) is 0 Å². The van der Waals surface area contributed by atoms with Crippen molar-refractivity contribution in [3.05, 3.63) is 41.3 Å². The number of hydrogen-bond acceptors (Lipinski definition) is 8. The van der Waals surface area contributed by atoms with Crippen LogP contribution in [0.15, 0.2) is 40.6 Å². The first-order valence-corrected chi connectivity index (χ1v) is 12.7. The van der Waals surface area contributed by atoms with Crippen LogP contribution in [-0.2, 0) is 14.8 Å². The third kappa shape index (κ3) is 4.98. The number of rotatable bonds is 8. The molecular formula is C21H27N5O3S2. The number of anilines is 2. The van der Waals surface area contributed by atoms with Crippen LogP contribution in [0, 0.1) is 6.92 Å². The number of hydrogen-bond donors (Lipinski definition) is 1. The van der Waals surface area contributed by atoms with Gasteiger partial charge in [-0.15, -0.1) is 11.3 Å². The van der Waals surface area contributed by atoms with Crippen LogP contribution in [0.3, 0.4) is 0 Å². The number of sulfonamides is 1. The summed E-state index contributed by atoms with van der Waals surface area (Å²) < 4.78 is 34.4. The van der Waals surface area contributed by atoms with Gasteiger partial charge in [0, 0.05) is 32.7 Å². The van der Waals surface area contributed by atoms with E-state index in [0.717, 1.165) is 34.7 Å². The quantitative estimate of drug-likeness (QED) is 0.552. The lowest BCUT2D eigenvalue weighted by Gasteiger charge is -2.29. The molecule has 4 rings (SSSR count). The maximum atomic E-state index is 12.6. The van der Waals surface area contributed by atoms with Gasteiger partial charge in [0.1, 0.15) is 0 Å². The lowest BCUT2D eigenvalue weighted by molar-refractivity contribution is 0.122. The summed E-state index contributed by atoms with van der Waals surface area (Å²) in [4.78, 5) is 14.1. The smallest absolute Gasteiger partial charge is 0.240 e. The molecule has 0 saturated carbocycles. The summed E-state index contributed by atoms with van der Waals surface area (Å²) in [5.41, 5.74) is 1.93. The SMILES string of the molecule is CCN(CCNS(=O)(=O)c1ccc(C)cc1)c1nc(N2CCOCC2)c2sccc2n1. The van der Waals surface area contributed by atoms with E-state index in [1.807, 2.05) is 30.2 Å². The highest BCUT2D eigenvalue weighted by atomic mass is 32.2. The van der Waals surface area contributed by atoms with E-state index in [9.17, 15) is 8.42 Å². The summed E-state index contributed by atoms with van der Waals surface area (Å²) >= 11 is 1.64. The number of benzene rings is 1. The first-order chi connectivity index (χ1) is 15.0. The maximum Gasteiger partial charge on any atom is 0.240 e. The van der Waals surface area contributed by atoms with Crippen LogP contribution in [0.25, 0.3) is 10.2 Å². The average Bonchev–Trinajstić information content (AvgIpc) is 3.26. The van der Waals surface area contributed by atoms with Crippen molar-refractivity contribution in [2.75, 3.05) is 55.7 Å². The molecule has 1 N–H and O–H groups in total. The Morgan fingerprint density at radius 2 is 1.90 bits per heavy atom. The van der Waals surface area contributed by atoms with E-state index < -0.39 is 10.0 Å². The average molecular weight is 462 g/mol. The van der Waals surface area contributed by atoms with E-state index in [0.29, 0.717) is 32.3 Å². The molecule has 1 aliphatic rings. The molecular weight excluding hydrogens is 434 g/mol. The second kappa shape index (κ2) is 9.47. The van der Waals surface area contributed by atoms with Gasteiger partial charge in [-0.3, -0.25) is 0 Å². The van der Waals surface area contributed by atoms with E-state index >= 15 is 0 Å². The molecule has 0 aliphatic carbocycles. The Hall–Kier alpha value is -2.27. The number of morpholine rings is 1. The molecule has 1 aliphatic heterocycles. The maximum absolute atomic E-state index is 12.6. The van der Waals surface area contributed by atoms with Crippen molar-refractivity contribution in [3.8, 4) is 0 Å². The van der Waals surface area contributed by atoms with E-state index in [2.05, 4.69) is 9.62 Å². The molecule has 1 saturated heterocycles. The standard InChI is InChI=1S/C21H27N5O3S2/c1-3-25(10-9-22-31(27,28)17-6-4-16(2)5-7-17)21-23-18-8-15-30-19(18)20(24-21)26-11-13-29-14-12-26/h4-8,15,22H,3,9-14H2,1-2H3. The largest absolute Gasteiger partial charge is 0.378 e. The van der Waals surface area contributed by atoms with Crippen LogP contribution in [-0.4, -0.2) is 64.3 Å². The monoisotopic (exact) mass is 461 g/mol. The molecule has 0 spiro atoms. The molecule has 1 aromatic carbocycles. The second-order valence-electron chi connectivity index (χ2n) is 7.37. The van der Waals surface area contributed by atoms with Gasteiger partial charge in [0.05, 0.1) is 28.3 Å². The van der Waals surface area contributed by atoms with E-state index in [1.165, 1.54) is 0 Å². The summed E-state index contributed by atoms with van der Waals surface area (Å²) in [6, 6.07) is 8.84. The highest BCUT2D eigenvalue weighted by Crippen LogP contribution is 2.31. The number of aryl methyl sites for hydroxylation is 1. The third-order valence-corrected chi connectivity index (χ3v) is 7.63. The number of likely N-dealkylation sites (N-methyl/N-ethyl adjacent to an activating group) is 1. The van der Waals surface area contributed by atoms with Gasteiger partial charge in [-0.2, -0.15) is 4.98 Å². The normalized spacial score (nSPS) is 14.8. The fourth-order valence-electron chi connectivity index (χ4n) is 3.48. The van der Waals surface area contributed by atoms with Crippen LogP contribution < -0.4 is 14.5 Å². The number of nitrogens with zero attached hydrogens (tertiary/aromatic N) is 4. The Morgan fingerprint density at radius 1 is 1.16 bits per heavy atom. The molecule has 31 heavy (non-hydrogen) atoms. The first-order valence-electron chi connectivity index (χ1n) is 10.4. The Labute approximate surface area is 186 Å². The molecule has 1 fully saturated rings. The number of nitrogens with one attached hydrogen (secondary N) is 1. The minimum absolute atomic E-state index is 0.266. The van der Waals surface area contributed by atoms with Gasteiger partial charge >= 0.3 is 0 Å². The van der Waals surface area contributed by atoms with Crippen molar-refractivity contribution in [2.45, 2.75) is 18.7 Å². The number of fused-ring (bicyclic) bond motifs is 1. The zero-order valence-electron chi connectivity index (χ0n) is 17.7. The fraction of sp³-hybridized carbons (Fsp3) is 0.429. The molecule has 10 heteroatoms. The Balaban J connectivity index is 1.50. The Morgan fingerprint density at radius 3 is 2.61 bits per heavy atom. The van der Waals surface area contributed by atoms with Crippen LogP contribution in [0.1, 0.15) is 12.5 Å². The molecule has 0 radical (unpaired) electrons. The highest BCUT2D eigenvalue weighted by Gasteiger charge is 2.20. The van der Waals surface area contributed by atoms with Gasteiger partial charge in [0.2, 0.25) is 16.0 Å². The van der Waals surface area contributed by atoms with Gasteiger partial charge in [0.15, 0.2) is 5.82 Å². The van der Waals surface area contributed by atoms with Gasteiger partial charge in [-0.25, -0.2) is 18.1 Å². The number of ether oxygens (including phenoxy) is 1. The third-order valence-electron chi connectivity index (χ3n) is 5.25. The van der Waals surface area contributed by atoms with E-state index in [-0.39, 0.29) is 11.4 Å². The van der Waals surface area contributed by atoms with E-state index in [4.69, 9.17) is 14.7 Å². The summed E-state index contributed by atoms with van der Waals surface area (Å²) in [7, 11) is -3.55. The zero-order valence-corrected chi connectivity index (χ0v) is 19.4. The van der Waals surface area contributed by atoms with E-state index in [1.54, 1.807) is 35.6 Å². The van der Waals surface area contributed by atoms with Gasteiger partial charge in [0.25, 0.3) is 0 Å². The van der Waals surface area contributed by atoms with Crippen molar-refractivity contribution in [1.82, 2.24) is 14.7 Å². The van der Waals surface area contributed by atoms with Gasteiger partial charge in [-0.05, 0) is 37.4 Å². The predicted octanol–water partition coefficient (Wildman–Crippen LogP) is 2.64. The highest BCUT2D eigenvalue weighted by molar-refractivity contribution is 7.89. The first kappa shape index (κ1) is 21.9. The van der Waals surface area contributed by atoms with Crippen molar-refractivity contribution >= 4 is 43.3 Å². The molecule has 2 aromatic heterocycles. The molecule has 0 bridgehead atoms. The topological polar surface area (TPSA) is 87.7 Å². The van der Waals surface area contributed by atoms with Gasteiger partial charge < -0.3 is 14.5 Å². The van der Waals surface area contributed by atoms with Gasteiger partial charge in [-0.1, -0.05) is 17.7 Å². The summed E-state index contributed by atoms with van der Waals surface area (Å²) in [6.45, 7) is 8.32. The van der Waals surface area contributed by atoms with Crippen LogP contribution in [0.4, 0.5) is 11.8 Å². The zero-order chi connectivity index (χ0) is 21.8. The van der Waals surface area contributed by atoms with Crippen molar-refractivity contribution in [3.63, 3.8) is 0 Å². The number of thiophene rings is 1. The summed E-state index contributed by atoms with van der Waals surface area (Å²) in [5.74, 6) is 1.54. The summed E-state index contributed by atoms with van der Waals surface area (Å²) in [5, 5.41) is 2.03. The minimum Gasteiger partial charge on any atom is -0.378 e. The predicted molar refractivity (Wildman–Crippen MR) is 125 cm³/mol. The Kier molecular flexibility index (Phi) is 6.71. The molecule has 166 valence electrons. The Bertz CT molecular complexity index is 1130. The molecule has 8 nitrogen and oxygen atoms in total. The van der Waals surface area contributed by atoms with Crippen molar-refractivity contribution < 1.29 is 13.2 Å². The summed E-state index contributed by atoms with van der Waals surface area (Å²) in [6.07, 6.45) is 0. The molecule has 0 amide bonds. The molecule has 0 unspecified atom stereocenters. The van der Waals surface area contributed by atoms with Crippen molar-refractivity contribution in [1.29, 1.82) is 0 Å². The van der Waals surface area contributed by atoms with Crippen LogP contribution in [0.2, 0.25) is 0 Å². The number of aromatic nitrogens is 2. The molecule has 3 aromatic rings. The molecule has 3 heterocycles. The van der Waals surface area contributed by atoms with Crippen LogP contribution >= 0.6 is 11.3 Å². The molecule has 0 atom stereocenters.